The molecule has 0 saturated heterocycles. The van der Waals surface area contributed by atoms with Crippen LogP contribution in [-0.2, 0) is 9.05 Å². The summed E-state index contributed by atoms with van der Waals surface area (Å²) in [5.74, 6) is -0.387. The van der Waals surface area contributed by atoms with Crippen LogP contribution in [0.4, 0.5) is 13.2 Å². The Labute approximate surface area is 117 Å². The molecule has 0 radical (unpaired) electrons. The van der Waals surface area contributed by atoms with Gasteiger partial charge in [-0.2, -0.15) is 13.2 Å². The van der Waals surface area contributed by atoms with E-state index in [1.807, 2.05) is 0 Å². The Hall–Kier alpha value is -0.600. The Morgan fingerprint density at radius 3 is 2.53 bits per heavy atom. The highest BCUT2D eigenvalue weighted by Crippen LogP contribution is 2.31. The largest absolute Gasteiger partial charge is 0.491 e. The Morgan fingerprint density at radius 2 is 2.00 bits per heavy atom. The molecule has 9 heteroatoms. The third kappa shape index (κ3) is 5.92. The molecule has 0 amide bonds. The lowest BCUT2D eigenvalue weighted by Gasteiger charge is -2.11. The Bertz CT molecular complexity index is 543. The highest BCUT2D eigenvalue weighted by atomic mass is 35.7. The predicted octanol–water partition coefficient (Wildman–Crippen LogP) is 3.55. The lowest BCUT2D eigenvalue weighted by molar-refractivity contribution is -0.0329. The van der Waals surface area contributed by atoms with Crippen LogP contribution in [0.2, 0.25) is 0 Å². The Kier molecular flexibility index (Phi) is 5.40. The minimum Gasteiger partial charge on any atom is -0.491 e. The summed E-state index contributed by atoms with van der Waals surface area (Å²) in [6, 6.07) is 4.25. The van der Waals surface area contributed by atoms with Gasteiger partial charge in [-0.15, -0.1) is 0 Å². The smallest absolute Gasteiger partial charge is 0.441 e. The molecule has 108 valence electrons. The fourth-order valence-corrected chi connectivity index (χ4v) is 2.69. The minimum atomic E-state index is -4.34. The summed E-state index contributed by atoms with van der Waals surface area (Å²) in [6.45, 7) is 1.39. The van der Waals surface area contributed by atoms with Crippen molar-refractivity contribution in [2.24, 2.45) is 0 Å². The summed E-state index contributed by atoms with van der Waals surface area (Å²) in [7, 11) is 1.22. The second kappa shape index (κ2) is 6.23. The van der Waals surface area contributed by atoms with Gasteiger partial charge in [-0.05, 0) is 36.4 Å². The summed E-state index contributed by atoms with van der Waals surface area (Å²) >= 11 is -0.238. The van der Waals surface area contributed by atoms with Crippen molar-refractivity contribution in [1.29, 1.82) is 0 Å². The van der Waals surface area contributed by atoms with E-state index in [0.29, 0.717) is 5.56 Å². The van der Waals surface area contributed by atoms with Gasteiger partial charge >= 0.3 is 5.51 Å². The van der Waals surface area contributed by atoms with E-state index in [4.69, 9.17) is 15.4 Å². The van der Waals surface area contributed by atoms with E-state index in [0.717, 1.165) is 0 Å². The van der Waals surface area contributed by atoms with Crippen LogP contribution in [0.5, 0.6) is 5.75 Å². The molecule has 0 aliphatic rings. The SMILES string of the molecule is Cc1ccc(OCCSC(F)(F)F)c(S(=O)(=O)Cl)c1. The number of rotatable bonds is 5. The van der Waals surface area contributed by atoms with Gasteiger partial charge in [0, 0.05) is 16.4 Å². The molecule has 0 aliphatic heterocycles. The summed E-state index contributed by atoms with van der Waals surface area (Å²) in [6.07, 6.45) is 0. The molecule has 0 saturated carbocycles. The van der Waals surface area contributed by atoms with Crippen molar-refractivity contribution in [1.82, 2.24) is 0 Å². The van der Waals surface area contributed by atoms with Crippen molar-refractivity contribution in [3.63, 3.8) is 0 Å². The second-order valence-electron chi connectivity index (χ2n) is 3.53. The lowest BCUT2D eigenvalue weighted by atomic mass is 10.2. The van der Waals surface area contributed by atoms with E-state index in [1.165, 1.54) is 12.1 Å². The molecule has 3 nitrogen and oxygen atoms in total. The van der Waals surface area contributed by atoms with Gasteiger partial charge in [-0.3, -0.25) is 0 Å². The number of halogens is 4. The van der Waals surface area contributed by atoms with Crippen molar-refractivity contribution in [2.45, 2.75) is 17.3 Å². The molecule has 19 heavy (non-hydrogen) atoms. The molecular weight excluding hydrogens is 325 g/mol. The Morgan fingerprint density at radius 1 is 1.37 bits per heavy atom. The average molecular weight is 335 g/mol. The summed E-state index contributed by atoms with van der Waals surface area (Å²) in [5.41, 5.74) is -3.69. The van der Waals surface area contributed by atoms with E-state index in [1.54, 1.807) is 13.0 Å². The number of thioether (sulfide) groups is 1. The van der Waals surface area contributed by atoms with Gasteiger partial charge in [0.2, 0.25) is 0 Å². The molecular formula is C10H10ClF3O3S2. The quantitative estimate of drug-likeness (QED) is 0.610. The van der Waals surface area contributed by atoms with Gasteiger partial charge in [-0.1, -0.05) is 6.07 Å². The van der Waals surface area contributed by atoms with Crippen molar-refractivity contribution in [2.75, 3.05) is 12.4 Å². The molecule has 1 rings (SSSR count). The maximum absolute atomic E-state index is 11.9. The maximum atomic E-state index is 11.9. The molecule has 0 heterocycles. The number of aryl methyl sites for hydroxylation is 1. The fraction of sp³-hybridized carbons (Fsp3) is 0.400. The molecule has 0 atom stereocenters. The zero-order valence-corrected chi connectivity index (χ0v) is 12.1. The topological polar surface area (TPSA) is 43.4 Å². The first kappa shape index (κ1) is 16.5. The van der Waals surface area contributed by atoms with Crippen LogP contribution in [0.1, 0.15) is 5.56 Å². The van der Waals surface area contributed by atoms with Crippen LogP contribution in [0.15, 0.2) is 23.1 Å². The van der Waals surface area contributed by atoms with Crippen LogP contribution < -0.4 is 4.74 Å². The minimum absolute atomic E-state index is 0.0524. The molecule has 0 aliphatic carbocycles. The van der Waals surface area contributed by atoms with E-state index in [2.05, 4.69) is 0 Å². The van der Waals surface area contributed by atoms with Crippen LogP contribution in [0.3, 0.4) is 0 Å². The molecule has 0 bridgehead atoms. The van der Waals surface area contributed by atoms with Gasteiger partial charge in [0.15, 0.2) is 0 Å². The van der Waals surface area contributed by atoms with Crippen LogP contribution in [0, 0.1) is 6.92 Å². The summed E-state index contributed by atoms with van der Waals surface area (Å²) in [5, 5.41) is 0. The van der Waals surface area contributed by atoms with E-state index >= 15 is 0 Å². The molecule has 0 spiro atoms. The number of alkyl halides is 3. The van der Waals surface area contributed by atoms with Crippen molar-refractivity contribution < 1.29 is 26.3 Å². The number of hydrogen-bond donors (Lipinski definition) is 0. The lowest BCUT2D eigenvalue weighted by Crippen LogP contribution is -2.08. The van der Waals surface area contributed by atoms with Crippen molar-refractivity contribution in [3.05, 3.63) is 23.8 Å². The average Bonchev–Trinajstić information content (AvgIpc) is 2.23. The highest BCUT2D eigenvalue weighted by molar-refractivity contribution is 8.13. The molecule has 0 fully saturated rings. The van der Waals surface area contributed by atoms with Gasteiger partial charge in [0.25, 0.3) is 9.05 Å². The van der Waals surface area contributed by atoms with Crippen LogP contribution >= 0.6 is 22.4 Å². The molecule has 0 unspecified atom stereocenters. The van der Waals surface area contributed by atoms with Crippen molar-refractivity contribution >= 4 is 31.5 Å². The van der Waals surface area contributed by atoms with Crippen LogP contribution in [0.25, 0.3) is 0 Å². The maximum Gasteiger partial charge on any atom is 0.441 e. The first-order valence-corrected chi connectivity index (χ1v) is 8.28. The number of hydrogen-bond acceptors (Lipinski definition) is 4. The third-order valence-corrected chi connectivity index (χ3v) is 4.01. The number of ether oxygens (including phenoxy) is 1. The highest BCUT2D eigenvalue weighted by Gasteiger charge is 2.27. The summed E-state index contributed by atoms with van der Waals surface area (Å²) in [4.78, 5) is -0.244. The summed E-state index contributed by atoms with van der Waals surface area (Å²) < 4.78 is 63.3. The monoisotopic (exact) mass is 334 g/mol. The zero-order valence-electron chi connectivity index (χ0n) is 9.70. The molecule has 1 aromatic carbocycles. The first-order chi connectivity index (χ1) is 8.59. The molecule has 0 aromatic heterocycles. The van der Waals surface area contributed by atoms with Gasteiger partial charge in [0.05, 0.1) is 6.61 Å². The third-order valence-electron chi connectivity index (χ3n) is 1.97. The predicted molar refractivity (Wildman–Crippen MR) is 68.2 cm³/mol. The normalized spacial score (nSPS) is 12.5. The van der Waals surface area contributed by atoms with E-state index in [-0.39, 0.29) is 34.8 Å². The first-order valence-electron chi connectivity index (χ1n) is 4.98. The van der Waals surface area contributed by atoms with Gasteiger partial charge in [0.1, 0.15) is 10.6 Å². The van der Waals surface area contributed by atoms with E-state index in [9.17, 15) is 21.6 Å². The zero-order chi connectivity index (χ0) is 14.7. The van der Waals surface area contributed by atoms with Gasteiger partial charge < -0.3 is 4.74 Å². The second-order valence-corrected chi connectivity index (χ2v) is 7.22. The fourth-order valence-electron chi connectivity index (χ4n) is 1.23. The number of benzene rings is 1. The van der Waals surface area contributed by atoms with Crippen LogP contribution in [-0.4, -0.2) is 26.3 Å². The Balaban J connectivity index is 2.74. The molecule has 1 aromatic rings. The standard InChI is InChI=1S/C10H10ClF3O3S2/c1-7-2-3-8(9(6-7)19(11,15)16)17-4-5-18-10(12,13)14/h2-3,6H,4-5H2,1H3. The van der Waals surface area contributed by atoms with Crippen molar-refractivity contribution in [3.8, 4) is 5.75 Å². The van der Waals surface area contributed by atoms with Gasteiger partial charge in [-0.25, -0.2) is 8.42 Å². The van der Waals surface area contributed by atoms with E-state index < -0.39 is 14.6 Å². The molecule has 0 N–H and O–H groups in total.